The largest absolute Gasteiger partial charge is 0.269 e. The summed E-state index contributed by atoms with van der Waals surface area (Å²) in [6, 6.07) is 4.31. The molecule has 5 heteroatoms. The zero-order valence-electron chi connectivity index (χ0n) is 5.18. The van der Waals surface area contributed by atoms with Crippen LogP contribution in [0.15, 0.2) is 18.2 Å². The zero-order valence-corrected chi connectivity index (χ0v) is 8.10. The molecule has 0 amide bonds. The molecule has 1 aromatic carbocycles. The molecule has 0 fully saturated rings. The van der Waals surface area contributed by atoms with E-state index in [9.17, 15) is 4.39 Å². The predicted molar refractivity (Wildman–Crippen MR) is 49.1 cm³/mol. The molecular formula is C6H5ClF3I. The van der Waals surface area contributed by atoms with Gasteiger partial charge in [0.1, 0.15) is 5.82 Å². The fourth-order valence-electron chi connectivity index (χ4n) is 0.470. The standard InChI is InChI=1S/C6H3ClFI.2FH/c7-5-3-4(8)1-2-6(5)9;;/h1-3H;2*1H. The summed E-state index contributed by atoms with van der Waals surface area (Å²) in [5, 5.41) is 0.468. The lowest BCUT2D eigenvalue weighted by Gasteiger charge is -1.92. The quantitative estimate of drug-likeness (QED) is 0.508. The van der Waals surface area contributed by atoms with E-state index in [2.05, 4.69) is 0 Å². The lowest BCUT2D eigenvalue weighted by Crippen LogP contribution is -1.75. The third-order valence-electron chi connectivity index (χ3n) is 0.882. The predicted octanol–water partition coefficient (Wildman–Crippen LogP) is 3.39. The molecule has 1 rings (SSSR count). The molecule has 64 valence electrons. The summed E-state index contributed by atoms with van der Waals surface area (Å²) in [6.07, 6.45) is 0. The van der Waals surface area contributed by atoms with Gasteiger partial charge in [0.05, 0.1) is 5.02 Å². The molecular weight excluding hydrogens is 291 g/mol. The third-order valence-corrected chi connectivity index (χ3v) is 2.45. The van der Waals surface area contributed by atoms with E-state index in [0.29, 0.717) is 5.02 Å². The third kappa shape index (κ3) is 3.81. The zero-order chi connectivity index (χ0) is 6.85. The smallest absolute Gasteiger partial charge is 0.124 e. The van der Waals surface area contributed by atoms with Crippen LogP contribution in [0.25, 0.3) is 0 Å². The molecule has 0 nitrogen and oxygen atoms in total. The fraction of sp³-hybridized carbons (Fsp3) is 0. The van der Waals surface area contributed by atoms with E-state index in [4.69, 9.17) is 11.6 Å². The molecule has 0 unspecified atom stereocenters. The topological polar surface area (TPSA) is 0 Å². The summed E-state index contributed by atoms with van der Waals surface area (Å²) in [6.45, 7) is 0. The highest BCUT2D eigenvalue weighted by Gasteiger charge is 1.95. The van der Waals surface area contributed by atoms with Gasteiger partial charge in [0, 0.05) is 3.57 Å². The highest BCUT2D eigenvalue weighted by atomic mass is 127. The number of hydrogen-bond acceptors (Lipinski definition) is 0. The van der Waals surface area contributed by atoms with Crippen LogP contribution in [0.5, 0.6) is 0 Å². The van der Waals surface area contributed by atoms with Crippen LogP contribution in [0.2, 0.25) is 5.02 Å². The summed E-state index contributed by atoms with van der Waals surface area (Å²) in [7, 11) is 0. The van der Waals surface area contributed by atoms with Crippen LogP contribution in [0.1, 0.15) is 0 Å². The summed E-state index contributed by atoms with van der Waals surface area (Å²) >= 11 is 7.61. The molecule has 0 heterocycles. The Kier molecular flexibility index (Phi) is 6.99. The Labute approximate surface area is 80.6 Å². The van der Waals surface area contributed by atoms with Gasteiger partial charge in [-0.1, -0.05) is 11.6 Å². The van der Waals surface area contributed by atoms with E-state index in [1.807, 2.05) is 22.6 Å². The van der Waals surface area contributed by atoms with Crippen LogP contribution in [0, 0.1) is 9.39 Å². The molecule has 0 saturated carbocycles. The number of benzene rings is 1. The first-order chi connectivity index (χ1) is 4.20. The van der Waals surface area contributed by atoms with Crippen molar-refractivity contribution in [3.8, 4) is 0 Å². The Morgan fingerprint density at radius 3 is 2.18 bits per heavy atom. The average molecular weight is 296 g/mol. The molecule has 0 N–H and O–H groups in total. The van der Waals surface area contributed by atoms with Crippen molar-refractivity contribution >= 4 is 34.2 Å². The Balaban J connectivity index is 0. The minimum Gasteiger partial charge on any atom is -0.269 e. The van der Waals surface area contributed by atoms with Crippen LogP contribution in [0.4, 0.5) is 13.8 Å². The molecule has 0 radical (unpaired) electrons. The van der Waals surface area contributed by atoms with E-state index in [-0.39, 0.29) is 15.2 Å². The maximum atomic E-state index is 12.3. The first kappa shape index (κ1) is 13.6. The van der Waals surface area contributed by atoms with Gasteiger partial charge >= 0.3 is 0 Å². The van der Waals surface area contributed by atoms with Crippen LogP contribution in [-0.2, 0) is 0 Å². The van der Waals surface area contributed by atoms with Gasteiger partial charge in [0.15, 0.2) is 0 Å². The molecule has 0 aliphatic carbocycles. The Bertz CT molecular complexity index is 229. The van der Waals surface area contributed by atoms with Gasteiger partial charge in [-0.2, -0.15) is 0 Å². The highest BCUT2D eigenvalue weighted by molar-refractivity contribution is 14.1. The van der Waals surface area contributed by atoms with Gasteiger partial charge in [-0.25, -0.2) is 4.39 Å². The molecule has 0 aromatic heterocycles. The van der Waals surface area contributed by atoms with Gasteiger partial charge in [0.2, 0.25) is 0 Å². The Morgan fingerprint density at radius 2 is 1.82 bits per heavy atom. The van der Waals surface area contributed by atoms with Crippen molar-refractivity contribution < 1.29 is 13.8 Å². The summed E-state index contributed by atoms with van der Waals surface area (Å²) < 4.78 is 13.1. The number of hydrogen-bond donors (Lipinski definition) is 0. The first-order valence-corrected chi connectivity index (χ1v) is 3.76. The normalized spacial score (nSPS) is 7.91. The van der Waals surface area contributed by atoms with Crippen LogP contribution < -0.4 is 0 Å². The average Bonchev–Trinajstić information content (AvgIpc) is 1.80. The minimum absolute atomic E-state index is 0. The Hall–Kier alpha value is 0.0300. The van der Waals surface area contributed by atoms with Gasteiger partial charge in [0.25, 0.3) is 0 Å². The maximum absolute atomic E-state index is 12.3. The van der Waals surface area contributed by atoms with Gasteiger partial charge in [-0.15, -0.1) is 0 Å². The van der Waals surface area contributed by atoms with Crippen molar-refractivity contribution in [3.63, 3.8) is 0 Å². The van der Waals surface area contributed by atoms with Crippen molar-refractivity contribution in [2.45, 2.75) is 0 Å². The van der Waals surface area contributed by atoms with Crippen LogP contribution in [-0.4, -0.2) is 0 Å². The van der Waals surface area contributed by atoms with Gasteiger partial charge in [-0.05, 0) is 40.8 Å². The van der Waals surface area contributed by atoms with Crippen molar-refractivity contribution in [2.24, 2.45) is 0 Å². The second-order valence-electron chi connectivity index (χ2n) is 1.56. The first-order valence-electron chi connectivity index (χ1n) is 2.30. The summed E-state index contributed by atoms with van der Waals surface area (Å²) in [4.78, 5) is 0. The Morgan fingerprint density at radius 1 is 1.27 bits per heavy atom. The van der Waals surface area contributed by atoms with Crippen LogP contribution >= 0.6 is 34.2 Å². The van der Waals surface area contributed by atoms with Crippen molar-refractivity contribution in [1.29, 1.82) is 0 Å². The summed E-state index contributed by atoms with van der Waals surface area (Å²) in [5.74, 6) is -0.291. The van der Waals surface area contributed by atoms with Crippen molar-refractivity contribution in [2.75, 3.05) is 0 Å². The van der Waals surface area contributed by atoms with E-state index in [1.165, 1.54) is 12.1 Å². The second kappa shape index (κ2) is 5.65. The minimum atomic E-state index is -0.291. The molecule has 0 bridgehead atoms. The van der Waals surface area contributed by atoms with Gasteiger partial charge < -0.3 is 0 Å². The molecule has 0 aliphatic heterocycles. The number of halogens is 5. The monoisotopic (exact) mass is 296 g/mol. The maximum Gasteiger partial charge on any atom is 0.124 e. The molecule has 0 spiro atoms. The molecule has 0 aliphatic rings. The molecule has 0 atom stereocenters. The van der Waals surface area contributed by atoms with Crippen molar-refractivity contribution in [1.82, 2.24) is 0 Å². The number of rotatable bonds is 0. The molecule has 1 aromatic rings. The summed E-state index contributed by atoms with van der Waals surface area (Å²) in [5.41, 5.74) is 0. The lowest BCUT2D eigenvalue weighted by molar-refractivity contribution is 0.627. The fourth-order valence-corrected chi connectivity index (χ4v) is 0.973. The van der Waals surface area contributed by atoms with E-state index in [1.54, 1.807) is 6.07 Å². The lowest BCUT2D eigenvalue weighted by atomic mass is 10.4. The second-order valence-corrected chi connectivity index (χ2v) is 3.13. The van der Waals surface area contributed by atoms with Crippen molar-refractivity contribution in [3.05, 3.63) is 32.6 Å². The molecule has 0 saturated heterocycles. The highest BCUT2D eigenvalue weighted by Crippen LogP contribution is 2.18. The van der Waals surface area contributed by atoms with E-state index < -0.39 is 0 Å². The van der Waals surface area contributed by atoms with Crippen LogP contribution in [0.3, 0.4) is 0 Å². The van der Waals surface area contributed by atoms with E-state index in [0.717, 1.165) is 3.57 Å². The van der Waals surface area contributed by atoms with Gasteiger partial charge in [-0.3, -0.25) is 9.41 Å². The SMILES string of the molecule is F.F.Fc1ccc(I)c(Cl)c1. The van der Waals surface area contributed by atoms with E-state index >= 15 is 0 Å². The molecule has 11 heavy (non-hydrogen) atoms.